The molecule has 0 spiro atoms. The van der Waals surface area contributed by atoms with Gasteiger partial charge in [0, 0.05) is 12.2 Å². The molecule has 0 saturated heterocycles. The summed E-state index contributed by atoms with van der Waals surface area (Å²) in [6, 6.07) is 16.7. The molecule has 0 aromatic heterocycles. The summed E-state index contributed by atoms with van der Waals surface area (Å²) in [6.07, 6.45) is 0. The lowest BCUT2D eigenvalue weighted by atomic mass is 10.2. The van der Waals surface area contributed by atoms with Gasteiger partial charge in [0.15, 0.2) is 0 Å². The molecule has 0 bridgehead atoms. The first-order chi connectivity index (χ1) is 11.6. The second-order valence-electron chi connectivity index (χ2n) is 5.47. The zero-order valence-electron chi connectivity index (χ0n) is 13.5. The number of carbonyl (C=O) groups is 2. The van der Waals surface area contributed by atoms with Crippen LogP contribution < -0.4 is 9.80 Å². The number of hydrogen-bond donors (Lipinski definition) is 0. The molecule has 1 aliphatic heterocycles. The normalized spacial score (nSPS) is 14.5. The van der Waals surface area contributed by atoms with Crippen molar-refractivity contribution < 1.29 is 9.59 Å². The molecule has 3 rings (SSSR count). The van der Waals surface area contributed by atoms with Crippen molar-refractivity contribution in [1.82, 2.24) is 0 Å². The molecular weight excluding hydrogens is 324 g/mol. The van der Waals surface area contributed by atoms with Crippen molar-refractivity contribution in [2.24, 2.45) is 0 Å². The molecule has 1 heterocycles. The van der Waals surface area contributed by atoms with Crippen LogP contribution in [-0.4, -0.2) is 18.4 Å². The van der Waals surface area contributed by atoms with Gasteiger partial charge in [-0.15, -0.1) is 0 Å². The lowest BCUT2D eigenvalue weighted by molar-refractivity contribution is -0.120. The number of likely N-dealkylation sites (N-methyl/N-ethyl adjacent to an activating group) is 1. The molecule has 0 radical (unpaired) electrons. The van der Waals surface area contributed by atoms with Gasteiger partial charge < -0.3 is 4.90 Å². The quantitative estimate of drug-likeness (QED) is 0.794. The SMILES string of the molecule is CCN(C1=C(Cl)C(=O)N(c2ccccc2C)C1=O)c1ccccc1. The molecule has 24 heavy (non-hydrogen) atoms. The van der Waals surface area contributed by atoms with Crippen LogP contribution >= 0.6 is 11.6 Å². The van der Waals surface area contributed by atoms with Gasteiger partial charge in [-0.25, -0.2) is 4.90 Å². The van der Waals surface area contributed by atoms with Crippen LogP contribution in [0.5, 0.6) is 0 Å². The maximum atomic E-state index is 13.0. The van der Waals surface area contributed by atoms with Gasteiger partial charge in [-0.1, -0.05) is 48.0 Å². The van der Waals surface area contributed by atoms with Crippen molar-refractivity contribution in [3.8, 4) is 0 Å². The summed E-state index contributed by atoms with van der Waals surface area (Å²) in [6.45, 7) is 4.30. The van der Waals surface area contributed by atoms with E-state index in [-0.39, 0.29) is 10.7 Å². The predicted molar refractivity (Wildman–Crippen MR) is 96.0 cm³/mol. The number of nitrogens with zero attached hydrogens (tertiary/aromatic N) is 2. The van der Waals surface area contributed by atoms with Crippen LogP contribution in [0.1, 0.15) is 12.5 Å². The van der Waals surface area contributed by atoms with Crippen molar-refractivity contribution in [3.05, 3.63) is 70.9 Å². The Labute approximate surface area is 145 Å². The molecule has 5 heteroatoms. The Balaban J connectivity index is 2.05. The van der Waals surface area contributed by atoms with Gasteiger partial charge in [-0.05, 0) is 37.6 Å². The number of amides is 2. The topological polar surface area (TPSA) is 40.6 Å². The van der Waals surface area contributed by atoms with Crippen LogP contribution in [0.4, 0.5) is 11.4 Å². The molecule has 4 nitrogen and oxygen atoms in total. The number of anilines is 2. The summed E-state index contributed by atoms with van der Waals surface area (Å²) in [5.74, 6) is -0.884. The fraction of sp³-hybridized carbons (Fsp3) is 0.158. The molecule has 0 saturated carbocycles. The molecule has 122 valence electrons. The zero-order valence-corrected chi connectivity index (χ0v) is 14.2. The molecule has 0 unspecified atom stereocenters. The first kappa shape index (κ1) is 16.3. The van der Waals surface area contributed by atoms with E-state index in [2.05, 4.69) is 0 Å². The molecule has 0 fully saturated rings. The number of para-hydroxylation sites is 2. The highest BCUT2D eigenvalue weighted by Crippen LogP contribution is 2.34. The summed E-state index contributed by atoms with van der Waals surface area (Å²) in [5.41, 5.74) is 2.44. The average Bonchev–Trinajstić information content (AvgIpc) is 2.81. The Kier molecular flexibility index (Phi) is 4.40. The third-order valence-corrected chi connectivity index (χ3v) is 4.36. The average molecular weight is 341 g/mol. The Hall–Kier alpha value is -2.59. The van der Waals surface area contributed by atoms with E-state index in [4.69, 9.17) is 11.6 Å². The van der Waals surface area contributed by atoms with Crippen molar-refractivity contribution in [2.45, 2.75) is 13.8 Å². The third kappa shape index (κ3) is 2.59. The number of hydrogen-bond acceptors (Lipinski definition) is 3. The summed E-state index contributed by atoms with van der Waals surface area (Å²) < 4.78 is 0. The summed E-state index contributed by atoms with van der Waals surface area (Å²) in [4.78, 5) is 28.5. The van der Waals surface area contributed by atoms with E-state index >= 15 is 0 Å². The fourth-order valence-electron chi connectivity index (χ4n) is 2.84. The minimum Gasteiger partial charge on any atom is -0.336 e. The Bertz CT molecular complexity index is 830. The van der Waals surface area contributed by atoms with E-state index < -0.39 is 11.8 Å². The van der Waals surface area contributed by atoms with Gasteiger partial charge in [0.05, 0.1) is 5.69 Å². The van der Waals surface area contributed by atoms with Crippen molar-refractivity contribution in [1.29, 1.82) is 0 Å². The van der Waals surface area contributed by atoms with Gasteiger partial charge in [-0.2, -0.15) is 0 Å². The van der Waals surface area contributed by atoms with E-state index in [0.717, 1.165) is 16.2 Å². The van der Waals surface area contributed by atoms with Crippen molar-refractivity contribution in [2.75, 3.05) is 16.3 Å². The maximum absolute atomic E-state index is 13.0. The lowest BCUT2D eigenvalue weighted by Gasteiger charge is -2.24. The van der Waals surface area contributed by atoms with Crippen LogP contribution in [-0.2, 0) is 9.59 Å². The van der Waals surface area contributed by atoms with E-state index in [9.17, 15) is 9.59 Å². The molecule has 0 atom stereocenters. The first-order valence-electron chi connectivity index (χ1n) is 7.73. The smallest absolute Gasteiger partial charge is 0.283 e. The summed E-state index contributed by atoms with van der Waals surface area (Å²) >= 11 is 6.27. The number of imide groups is 1. The largest absolute Gasteiger partial charge is 0.336 e. The molecule has 2 aromatic rings. The Morgan fingerprint density at radius 1 is 0.958 bits per heavy atom. The van der Waals surface area contributed by atoms with E-state index in [1.165, 1.54) is 0 Å². The Morgan fingerprint density at radius 3 is 2.21 bits per heavy atom. The molecule has 0 N–H and O–H groups in total. The monoisotopic (exact) mass is 340 g/mol. The third-order valence-electron chi connectivity index (χ3n) is 4.01. The summed E-state index contributed by atoms with van der Waals surface area (Å²) in [5, 5.41) is -0.0473. The van der Waals surface area contributed by atoms with Gasteiger partial charge in [0.25, 0.3) is 11.8 Å². The maximum Gasteiger partial charge on any atom is 0.283 e. The molecular formula is C19H17ClN2O2. The molecule has 0 aliphatic carbocycles. The minimum absolute atomic E-state index is 0.0473. The second kappa shape index (κ2) is 6.49. The van der Waals surface area contributed by atoms with Gasteiger partial charge in [0.1, 0.15) is 10.7 Å². The van der Waals surface area contributed by atoms with E-state index in [1.54, 1.807) is 17.0 Å². The summed E-state index contributed by atoms with van der Waals surface area (Å²) in [7, 11) is 0. The molecule has 2 aromatic carbocycles. The number of benzene rings is 2. The van der Waals surface area contributed by atoms with E-state index in [0.29, 0.717) is 12.2 Å². The van der Waals surface area contributed by atoms with Crippen LogP contribution in [0.15, 0.2) is 65.3 Å². The molecule has 1 aliphatic rings. The Morgan fingerprint density at radius 2 is 1.58 bits per heavy atom. The predicted octanol–water partition coefficient (Wildman–Crippen LogP) is 3.85. The highest BCUT2D eigenvalue weighted by atomic mass is 35.5. The number of halogens is 1. The standard InChI is InChI=1S/C19H17ClN2O2/c1-3-21(14-10-5-4-6-11-14)17-16(20)18(23)22(19(17)24)15-12-8-7-9-13(15)2/h4-12H,3H2,1-2H3. The number of rotatable bonds is 4. The highest BCUT2D eigenvalue weighted by molar-refractivity contribution is 6.53. The van der Waals surface area contributed by atoms with Crippen LogP contribution in [0, 0.1) is 6.92 Å². The molecule has 2 amide bonds. The van der Waals surface area contributed by atoms with Gasteiger partial charge >= 0.3 is 0 Å². The van der Waals surface area contributed by atoms with Crippen molar-refractivity contribution in [3.63, 3.8) is 0 Å². The van der Waals surface area contributed by atoms with Crippen LogP contribution in [0.25, 0.3) is 0 Å². The first-order valence-corrected chi connectivity index (χ1v) is 8.10. The highest BCUT2D eigenvalue weighted by Gasteiger charge is 2.41. The fourth-order valence-corrected chi connectivity index (χ4v) is 3.10. The van der Waals surface area contributed by atoms with E-state index in [1.807, 2.05) is 56.3 Å². The number of aryl methyl sites for hydroxylation is 1. The second-order valence-corrected chi connectivity index (χ2v) is 5.85. The zero-order chi connectivity index (χ0) is 17.3. The number of carbonyl (C=O) groups excluding carboxylic acids is 2. The van der Waals surface area contributed by atoms with Crippen molar-refractivity contribution >= 4 is 34.8 Å². The minimum atomic E-state index is -0.486. The van der Waals surface area contributed by atoms with Gasteiger partial charge in [0.2, 0.25) is 0 Å². The van der Waals surface area contributed by atoms with Gasteiger partial charge in [-0.3, -0.25) is 9.59 Å². The van der Waals surface area contributed by atoms with Crippen LogP contribution in [0.3, 0.4) is 0 Å². The lowest BCUT2D eigenvalue weighted by Crippen LogP contribution is -2.35. The van der Waals surface area contributed by atoms with Crippen LogP contribution in [0.2, 0.25) is 0 Å².